The first-order chi connectivity index (χ1) is 8.38. The lowest BCUT2D eigenvalue weighted by Crippen LogP contribution is -3.10. The van der Waals surface area contributed by atoms with Gasteiger partial charge in [-0.3, -0.25) is 8.99 Å². The topological polar surface area (TPSA) is 85.7 Å². The number of nitrogens with two attached hydrogens (primary N) is 1. The van der Waals surface area contributed by atoms with Crippen LogP contribution in [0.1, 0.15) is 12.8 Å². The Morgan fingerprint density at radius 1 is 1.50 bits per heavy atom. The predicted molar refractivity (Wildman–Crippen MR) is 68.4 cm³/mol. The molecule has 0 aromatic carbocycles. The maximum atomic E-state index is 11.8. The molecule has 0 spiro atoms. The molecule has 0 saturated carbocycles. The maximum absolute atomic E-state index is 11.8. The van der Waals surface area contributed by atoms with Crippen LogP contribution in [0.3, 0.4) is 0 Å². The molecule has 3 N–H and O–H groups in total. The van der Waals surface area contributed by atoms with Crippen LogP contribution in [0.4, 0.5) is 5.69 Å². The van der Waals surface area contributed by atoms with Gasteiger partial charge >= 0.3 is 0 Å². The highest BCUT2D eigenvalue weighted by atomic mass is 32.2. The Hall–Kier alpha value is -1.12. The molecule has 0 unspecified atom stereocenters. The van der Waals surface area contributed by atoms with Crippen molar-refractivity contribution in [3.05, 3.63) is 12.4 Å². The lowest BCUT2D eigenvalue weighted by molar-refractivity contribution is -0.884. The Morgan fingerprint density at radius 2 is 2.11 bits per heavy atom. The number of likely N-dealkylation sites (tertiary alicyclic amines) is 1. The third-order valence-electron chi connectivity index (χ3n) is 3.36. The van der Waals surface area contributed by atoms with Gasteiger partial charge in [0.05, 0.1) is 38.1 Å². The highest BCUT2D eigenvalue weighted by molar-refractivity contribution is 7.90. The number of nitrogens with one attached hydrogen (secondary N) is 1. The van der Waals surface area contributed by atoms with Crippen LogP contribution in [0.2, 0.25) is 0 Å². The molecule has 0 amide bonds. The number of hydrogen-bond acceptors (Lipinski definition) is 3. The summed E-state index contributed by atoms with van der Waals surface area (Å²) in [5.74, 6) is 0. The molecule has 1 fully saturated rings. The summed E-state index contributed by atoms with van der Waals surface area (Å²) in [7, 11) is 0.115. The minimum absolute atomic E-state index is 0.0621. The van der Waals surface area contributed by atoms with E-state index in [0.717, 1.165) is 25.9 Å². The van der Waals surface area contributed by atoms with Crippen LogP contribution in [-0.4, -0.2) is 44.4 Å². The van der Waals surface area contributed by atoms with E-state index in [9.17, 15) is 8.42 Å². The van der Waals surface area contributed by atoms with Gasteiger partial charge in [0.1, 0.15) is 0 Å². The number of quaternary nitrogens is 1. The lowest BCUT2D eigenvalue weighted by atomic mass is 10.1. The van der Waals surface area contributed by atoms with Crippen LogP contribution in [0, 0.1) is 0 Å². The van der Waals surface area contributed by atoms with Crippen LogP contribution in [-0.2, 0) is 17.3 Å². The zero-order valence-corrected chi connectivity index (χ0v) is 11.5. The number of aromatic nitrogens is 2. The van der Waals surface area contributed by atoms with Gasteiger partial charge in [0.15, 0.2) is 0 Å². The van der Waals surface area contributed by atoms with Crippen molar-refractivity contribution >= 4 is 15.9 Å². The van der Waals surface area contributed by atoms with Gasteiger partial charge in [0.25, 0.3) is 10.2 Å². The molecule has 0 aliphatic carbocycles. The van der Waals surface area contributed by atoms with Crippen molar-refractivity contribution in [2.75, 3.05) is 24.4 Å². The fraction of sp³-hybridized carbons (Fsp3) is 0.700. The smallest absolute Gasteiger partial charge is 0.299 e. The molecule has 1 aliphatic rings. The fourth-order valence-corrected chi connectivity index (χ4v) is 3.43. The van der Waals surface area contributed by atoms with E-state index in [0.29, 0.717) is 5.69 Å². The molecule has 1 saturated heterocycles. The van der Waals surface area contributed by atoms with Crippen LogP contribution >= 0.6 is 0 Å². The van der Waals surface area contributed by atoms with Crippen LogP contribution in [0.25, 0.3) is 0 Å². The summed E-state index contributed by atoms with van der Waals surface area (Å²) >= 11 is 0. The molecule has 1 aromatic heterocycles. The zero-order chi connectivity index (χ0) is 13.3. The molecule has 1 aliphatic heterocycles. The van der Waals surface area contributed by atoms with E-state index in [-0.39, 0.29) is 6.04 Å². The van der Waals surface area contributed by atoms with E-state index >= 15 is 0 Å². The van der Waals surface area contributed by atoms with Crippen LogP contribution < -0.4 is 14.3 Å². The SMILES string of the molecule is Cn1cc(N(C2CC[NH+](C)CC2)S(N)(=O)=O)cn1. The quantitative estimate of drug-likeness (QED) is 0.675. The third kappa shape index (κ3) is 2.82. The molecule has 2 rings (SSSR count). The summed E-state index contributed by atoms with van der Waals surface area (Å²) in [5.41, 5.74) is 0.546. The first kappa shape index (κ1) is 13.3. The van der Waals surface area contributed by atoms with Gasteiger partial charge in [-0.05, 0) is 0 Å². The molecule has 0 radical (unpaired) electrons. The van der Waals surface area contributed by atoms with Gasteiger partial charge in [-0.1, -0.05) is 0 Å². The molecule has 0 atom stereocenters. The van der Waals surface area contributed by atoms with E-state index in [1.165, 1.54) is 15.4 Å². The normalized spacial score (nSPS) is 25.1. The van der Waals surface area contributed by atoms with Gasteiger partial charge in [-0.2, -0.15) is 13.5 Å². The van der Waals surface area contributed by atoms with Gasteiger partial charge in [-0.25, -0.2) is 5.14 Å². The lowest BCUT2D eigenvalue weighted by Gasteiger charge is -2.34. The Kier molecular flexibility index (Phi) is 3.60. The Balaban J connectivity index is 2.27. The van der Waals surface area contributed by atoms with Gasteiger partial charge in [-0.15, -0.1) is 0 Å². The average Bonchev–Trinajstić information content (AvgIpc) is 2.66. The van der Waals surface area contributed by atoms with Crippen molar-refractivity contribution in [1.29, 1.82) is 0 Å². The minimum Gasteiger partial charge on any atom is -0.337 e. The second-order valence-corrected chi connectivity index (χ2v) is 6.32. The zero-order valence-electron chi connectivity index (χ0n) is 10.7. The number of nitrogens with zero attached hydrogens (tertiary/aromatic N) is 3. The van der Waals surface area contributed by atoms with Crippen molar-refractivity contribution in [1.82, 2.24) is 9.78 Å². The Labute approximate surface area is 107 Å². The Bertz CT molecular complexity index is 504. The van der Waals surface area contributed by atoms with E-state index in [4.69, 9.17) is 5.14 Å². The van der Waals surface area contributed by atoms with E-state index in [1.807, 2.05) is 0 Å². The van der Waals surface area contributed by atoms with Crippen LogP contribution in [0.15, 0.2) is 12.4 Å². The van der Waals surface area contributed by atoms with Gasteiger partial charge < -0.3 is 4.90 Å². The predicted octanol–water partition coefficient (Wildman–Crippen LogP) is -1.89. The molecule has 7 nitrogen and oxygen atoms in total. The highest BCUT2D eigenvalue weighted by Gasteiger charge is 2.32. The molecular weight excluding hydrogens is 254 g/mol. The number of anilines is 1. The maximum Gasteiger partial charge on any atom is 0.299 e. The van der Waals surface area contributed by atoms with Gasteiger partial charge in [0, 0.05) is 26.1 Å². The second-order valence-electron chi connectivity index (χ2n) is 4.90. The fourth-order valence-electron chi connectivity index (χ4n) is 2.42. The molecular formula is C10H20N5O2S+. The number of rotatable bonds is 3. The van der Waals surface area contributed by atoms with Crippen molar-refractivity contribution < 1.29 is 13.3 Å². The summed E-state index contributed by atoms with van der Waals surface area (Å²) < 4.78 is 26.5. The largest absolute Gasteiger partial charge is 0.337 e. The third-order valence-corrected chi connectivity index (χ3v) is 4.42. The summed E-state index contributed by atoms with van der Waals surface area (Å²) in [6, 6.07) is -0.0621. The van der Waals surface area contributed by atoms with Gasteiger partial charge in [0.2, 0.25) is 0 Å². The number of hydrogen-bond donors (Lipinski definition) is 2. The standard InChI is InChI=1S/C10H19N5O2S/c1-13-5-3-9(4-6-13)15(18(11,16)17)10-7-12-14(2)8-10/h7-9H,3-6H2,1-2H3,(H2,11,16,17)/p+1. The first-order valence-electron chi connectivity index (χ1n) is 6.00. The molecule has 102 valence electrons. The molecule has 2 heterocycles. The number of piperidine rings is 1. The van der Waals surface area contributed by atoms with Crippen molar-refractivity contribution in [2.45, 2.75) is 18.9 Å². The summed E-state index contributed by atoms with van der Waals surface area (Å²) in [4.78, 5) is 1.42. The molecule has 0 bridgehead atoms. The van der Waals surface area contributed by atoms with E-state index in [1.54, 1.807) is 17.9 Å². The summed E-state index contributed by atoms with van der Waals surface area (Å²) in [6.07, 6.45) is 4.85. The van der Waals surface area contributed by atoms with Crippen molar-refractivity contribution in [2.24, 2.45) is 12.2 Å². The average molecular weight is 274 g/mol. The monoisotopic (exact) mass is 274 g/mol. The second kappa shape index (κ2) is 4.87. The molecule has 18 heavy (non-hydrogen) atoms. The first-order valence-corrected chi connectivity index (χ1v) is 7.50. The minimum atomic E-state index is -3.75. The molecule has 1 aromatic rings. The summed E-state index contributed by atoms with van der Waals surface area (Å²) in [6.45, 7) is 1.91. The van der Waals surface area contributed by atoms with E-state index in [2.05, 4.69) is 12.1 Å². The summed E-state index contributed by atoms with van der Waals surface area (Å²) in [5, 5.41) is 9.35. The highest BCUT2D eigenvalue weighted by Crippen LogP contribution is 2.22. The number of aryl methyl sites for hydroxylation is 1. The Morgan fingerprint density at radius 3 is 2.56 bits per heavy atom. The van der Waals surface area contributed by atoms with Crippen LogP contribution in [0.5, 0.6) is 0 Å². The van der Waals surface area contributed by atoms with E-state index < -0.39 is 10.2 Å². The van der Waals surface area contributed by atoms with Crippen molar-refractivity contribution in [3.63, 3.8) is 0 Å². The van der Waals surface area contributed by atoms with Crippen molar-refractivity contribution in [3.8, 4) is 0 Å². The molecule has 8 heteroatoms.